The molecule has 0 aliphatic rings. The zero-order valence-corrected chi connectivity index (χ0v) is 13.7. The summed E-state index contributed by atoms with van der Waals surface area (Å²) in [5, 5.41) is 13.8. The van der Waals surface area contributed by atoms with Gasteiger partial charge in [0.2, 0.25) is 0 Å². The number of rotatable bonds is 6. The lowest BCUT2D eigenvalue weighted by atomic mass is 10.1. The van der Waals surface area contributed by atoms with Crippen LogP contribution < -0.4 is 10.1 Å². The molecule has 0 unspecified atom stereocenters. The summed E-state index contributed by atoms with van der Waals surface area (Å²) in [6.07, 6.45) is 0. The van der Waals surface area contributed by atoms with Crippen molar-refractivity contribution in [1.29, 1.82) is 0 Å². The summed E-state index contributed by atoms with van der Waals surface area (Å²) < 4.78 is 10.5. The number of nitrogens with zero attached hydrogens (tertiary/aromatic N) is 1. The first-order chi connectivity index (χ1) is 11.5. The predicted molar refractivity (Wildman–Crippen MR) is 89.5 cm³/mol. The van der Waals surface area contributed by atoms with Gasteiger partial charge in [0.1, 0.15) is 18.0 Å². The number of esters is 1. The number of hydrogen-bond acceptors (Lipinski definition) is 6. The SMILES string of the molecule is CNc1ccc(C(=O)OCc2cc(C)ccc2OC)cc1[N+](=O)[O-]. The molecule has 0 aliphatic carbocycles. The van der Waals surface area contributed by atoms with Gasteiger partial charge in [-0.1, -0.05) is 11.6 Å². The maximum atomic E-state index is 12.2. The van der Waals surface area contributed by atoms with Crippen LogP contribution >= 0.6 is 0 Å². The molecule has 1 N–H and O–H groups in total. The van der Waals surface area contributed by atoms with Gasteiger partial charge in [0, 0.05) is 18.7 Å². The smallest absolute Gasteiger partial charge is 0.338 e. The second-order valence-electron chi connectivity index (χ2n) is 5.13. The zero-order chi connectivity index (χ0) is 17.7. The Hall–Kier alpha value is -3.09. The highest BCUT2D eigenvalue weighted by Crippen LogP contribution is 2.26. The van der Waals surface area contributed by atoms with Crippen LogP contribution in [0.1, 0.15) is 21.5 Å². The number of carbonyl (C=O) groups is 1. The first-order valence-electron chi connectivity index (χ1n) is 7.23. The molecule has 2 rings (SSSR count). The van der Waals surface area contributed by atoms with Crippen LogP contribution in [0.25, 0.3) is 0 Å². The van der Waals surface area contributed by atoms with Crippen molar-refractivity contribution in [1.82, 2.24) is 0 Å². The monoisotopic (exact) mass is 330 g/mol. The molecule has 2 aromatic carbocycles. The van der Waals surface area contributed by atoms with Crippen molar-refractivity contribution in [3.8, 4) is 5.75 Å². The molecule has 0 spiro atoms. The minimum absolute atomic E-state index is 0.0191. The average molecular weight is 330 g/mol. The fourth-order valence-corrected chi connectivity index (χ4v) is 2.27. The van der Waals surface area contributed by atoms with Gasteiger partial charge < -0.3 is 14.8 Å². The van der Waals surface area contributed by atoms with Gasteiger partial charge in [-0.25, -0.2) is 4.79 Å². The van der Waals surface area contributed by atoms with Crippen molar-refractivity contribution in [3.63, 3.8) is 0 Å². The molecule has 7 nitrogen and oxygen atoms in total. The highest BCUT2D eigenvalue weighted by molar-refractivity contribution is 5.91. The second kappa shape index (κ2) is 7.45. The number of aryl methyl sites for hydroxylation is 1. The molecule has 0 saturated heterocycles. The van der Waals surface area contributed by atoms with E-state index < -0.39 is 10.9 Å². The third-order valence-electron chi connectivity index (χ3n) is 3.49. The van der Waals surface area contributed by atoms with Gasteiger partial charge in [-0.3, -0.25) is 10.1 Å². The van der Waals surface area contributed by atoms with Gasteiger partial charge in [0.25, 0.3) is 5.69 Å². The van der Waals surface area contributed by atoms with E-state index in [2.05, 4.69) is 5.32 Å². The number of hydrogen-bond donors (Lipinski definition) is 1. The van der Waals surface area contributed by atoms with Gasteiger partial charge in [0.05, 0.1) is 17.6 Å². The maximum Gasteiger partial charge on any atom is 0.338 e. The van der Waals surface area contributed by atoms with Crippen molar-refractivity contribution >= 4 is 17.3 Å². The number of benzene rings is 2. The van der Waals surface area contributed by atoms with E-state index in [4.69, 9.17) is 9.47 Å². The van der Waals surface area contributed by atoms with E-state index >= 15 is 0 Å². The number of anilines is 1. The standard InChI is InChI=1S/C17H18N2O5/c1-11-4-7-16(23-3)13(8-11)10-24-17(20)12-5-6-14(18-2)15(9-12)19(21)22/h4-9,18H,10H2,1-3H3. The Balaban J connectivity index is 2.17. The third kappa shape index (κ3) is 3.81. The van der Waals surface area contributed by atoms with Gasteiger partial charge in [-0.2, -0.15) is 0 Å². The average Bonchev–Trinajstić information content (AvgIpc) is 2.59. The maximum absolute atomic E-state index is 12.2. The highest BCUT2D eigenvalue weighted by Gasteiger charge is 2.18. The largest absolute Gasteiger partial charge is 0.496 e. The van der Waals surface area contributed by atoms with E-state index in [0.29, 0.717) is 11.4 Å². The summed E-state index contributed by atoms with van der Waals surface area (Å²) >= 11 is 0. The molecule has 0 aliphatic heterocycles. The lowest BCUT2D eigenvalue weighted by Gasteiger charge is -2.10. The van der Waals surface area contributed by atoms with E-state index in [1.165, 1.54) is 25.3 Å². The van der Waals surface area contributed by atoms with Crippen LogP contribution in [0.5, 0.6) is 5.75 Å². The molecular weight excluding hydrogens is 312 g/mol. The Morgan fingerprint density at radius 1 is 1.25 bits per heavy atom. The molecule has 24 heavy (non-hydrogen) atoms. The van der Waals surface area contributed by atoms with Crippen molar-refractivity contribution in [2.24, 2.45) is 0 Å². The van der Waals surface area contributed by atoms with E-state index in [1.807, 2.05) is 19.1 Å². The number of nitro benzene ring substituents is 1. The Morgan fingerprint density at radius 2 is 2.00 bits per heavy atom. The molecule has 126 valence electrons. The Labute approximate surface area is 139 Å². The summed E-state index contributed by atoms with van der Waals surface area (Å²) in [5.74, 6) is -0.0192. The van der Waals surface area contributed by atoms with Gasteiger partial charge >= 0.3 is 5.97 Å². The minimum atomic E-state index is -0.635. The van der Waals surface area contributed by atoms with E-state index in [1.54, 1.807) is 13.1 Å². The number of nitro groups is 1. The minimum Gasteiger partial charge on any atom is -0.496 e. The number of methoxy groups -OCH3 is 1. The number of ether oxygens (including phenoxy) is 2. The summed E-state index contributed by atoms with van der Waals surface area (Å²) in [6, 6.07) is 9.70. The summed E-state index contributed by atoms with van der Waals surface area (Å²) in [7, 11) is 3.11. The number of carbonyl (C=O) groups excluding carboxylic acids is 1. The van der Waals surface area contributed by atoms with Crippen LogP contribution in [0.3, 0.4) is 0 Å². The van der Waals surface area contributed by atoms with Crippen LogP contribution in [-0.2, 0) is 11.3 Å². The molecule has 0 fully saturated rings. The quantitative estimate of drug-likeness (QED) is 0.496. The van der Waals surface area contributed by atoms with Gasteiger partial charge in [-0.05, 0) is 31.2 Å². The molecule has 7 heteroatoms. The van der Waals surface area contributed by atoms with Gasteiger partial charge in [-0.15, -0.1) is 0 Å². The van der Waals surface area contributed by atoms with Crippen LogP contribution in [0.15, 0.2) is 36.4 Å². The van der Waals surface area contributed by atoms with Crippen molar-refractivity contribution in [2.75, 3.05) is 19.5 Å². The molecular formula is C17H18N2O5. The molecule has 2 aromatic rings. The number of nitrogens with one attached hydrogen (secondary N) is 1. The molecule has 0 bridgehead atoms. The first-order valence-corrected chi connectivity index (χ1v) is 7.23. The summed E-state index contributed by atoms with van der Waals surface area (Å²) in [5.41, 5.74) is 2.01. The van der Waals surface area contributed by atoms with Crippen LogP contribution in [0, 0.1) is 17.0 Å². The van der Waals surface area contributed by atoms with Gasteiger partial charge in [0.15, 0.2) is 0 Å². The lowest BCUT2D eigenvalue weighted by molar-refractivity contribution is -0.384. The molecule has 0 amide bonds. The molecule has 0 heterocycles. The second-order valence-corrected chi connectivity index (χ2v) is 5.13. The van der Waals surface area contributed by atoms with E-state index in [9.17, 15) is 14.9 Å². The lowest BCUT2D eigenvalue weighted by Crippen LogP contribution is -2.07. The van der Waals surface area contributed by atoms with Crippen LogP contribution in [0.2, 0.25) is 0 Å². The van der Waals surface area contributed by atoms with Crippen LogP contribution in [0.4, 0.5) is 11.4 Å². The summed E-state index contributed by atoms with van der Waals surface area (Å²) in [4.78, 5) is 22.7. The third-order valence-corrected chi connectivity index (χ3v) is 3.49. The molecule has 0 saturated carbocycles. The van der Waals surface area contributed by atoms with Crippen molar-refractivity contribution in [3.05, 3.63) is 63.2 Å². The molecule has 0 aromatic heterocycles. The van der Waals surface area contributed by atoms with Crippen molar-refractivity contribution in [2.45, 2.75) is 13.5 Å². The highest BCUT2D eigenvalue weighted by atomic mass is 16.6. The topological polar surface area (TPSA) is 90.7 Å². The normalized spacial score (nSPS) is 10.1. The summed E-state index contributed by atoms with van der Waals surface area (Å²) in [6.45, 7) is 1.94. The van der Waals surface area contributed by atoms with E-state index in [0.717, 1.165) is 11.1 Å². The van der Waals surface area contributed by atoms with Crippen molar-refractivity contribution < 1.29 is 19.2 Å². The fraction of sp³-hybridized carbons (Fsp3) is 0.235. The Bertz CT molecular complexity index is 774. The first kappa shape index (κ1) is 17.3. The molecule has 0 atom stereocenters. The zero-order valence-electron chi connectivity index (χ0n) is 13.7. The molecule has 0 radical (unpaired) electrons. The van der Waals surface area contributed by atoms with E-state index in [-0.39, 0.29) is 17.9 Å². The fourth-order valence-electron chi connectivity index (χ4n) is 2.27. The Kier molecular flexibility index (Phi) is 5.36. The Morgan fingerprint density at radius 3 is 2.62 bits per heavy atom. The van der Waals surface area contributed by atoms with Crippen LogP contribution in [-0.4, -0.2) is 25.1 Å². The predicted octanol–water partition coefficient (Wildman–Crippen LogP) is 3.31.